The zero-order valence-electron chi connectivity index (χ0n) is 24.8. The zero-order valence-corrected chi connectivity index (χ0v) is 24.8. The number of Topliss-reactive ketones (excluding diaryl/α,β-unsaturated/α-hetero) is 1. The smallest absolute Gasteiger partial charge is 0.333 e. The predicted molar refractivity (Wildman–Crippen MR) is 154 cm³/mol. The van der Waals surface area contributed by atoms with E-state index in [2.05, 4.69) is 25.7 Å². The summed E-state index contributed by atoms with van der Waals surface area (Å²) in [5.41, 5.74) is 2.50. The van der Waals surface area contributed by atoms with Crippen molar-refractivity contribution in [3.8, 4) is 0 Å². The largest absolute Gasteiger partial charge is 0.460 e. The lowest BCUT2D eigenvalue weighted by Gasteiger charge is -2.26. The van der Waals surface area contributed by atoms with Crippen LogP contribution >= 0.6 is 0 Å². The molecule has 0 saturated carbocycles. The number of fused-ring (bicyclic) bond motifs is 1. The minimum atomic E-state index is -1.69. The highest BCUT2D eigenvalue weighted by atomic mass is 16.6. The molecule has 8 nitrogen and oxygen atoms in total. The van der Waals surface area contributed by atoms with Crippen molar-refractivity contribution in [3.63, 3.8) is 0 Å². The van der Waals surface area contributed by atoms with Gasteiger partial charge in [0.1, 0.15) is 18.8 Å². The quantitative estimate of drug-likeness (QED) is 0.198. The molecular weight excluding hydrogens is 512 g/mol. The number of carbonyl (C=O) groups is 2. The number of ether oxygens (including phenoxy) is 2. The lowest BCUT2D eigenvalue weighted by molar-refractivity contribution is -0.143. The third-order valence-corrected chi connectivity index (χ3v) is 7.86. The van der Waals surface area contributed by atoms with Gasteiger partial charge in [-0.05, 0) is 70.1 Å². The fraction of sp³-hybridized carbons (Fsp3) is 0.688. The summed E-state index contributed by atoms with van der Waals surface area (Å²) in [6.07, 6.45) is 6.39. The molecule has 0 aromatic heterocycles. The van der Waals surface area contributed by atoms with Crippen molar-refractivity contribution in [1.82, 2.24) is 0 Å². The summed E-state index contributed by atoms with van der Waals surface area (Å²) in [4.78, 5) is 24.8. The molecule has 2 heterocycles. The Labute approximate surface area is 239 Å². The maximum Gasteiger partial charge on any atom is 0.333 e. The molecular formula is C32H50O8. The van der Waals surface area contributed by atoms with Crippen molar-refractivity contribution in [2.75, 3.05) is 6.61 Å². The van der Waals surface area contributed by atoms with Gasteiger partial charge in [0.15, 0.2) is 5.78 Å². The van der Waals surface area contributed by atoms with Crippen LogP contribution in [0.25, 0.3) is 0 Å². The van der Waals surface area contributed by atoms with Gasteiger partial charge in [-0.3, -0.25) is 4.79 Å². The van der Waals surface area contributed by atoms with Gasteiger partial charge in [0.25, 0.3) is 0 Å². The van der Waals surface area contributed by atoms with Crippen LogP contribution in [-0.2, 0) is 19.1 Å². The molecule has 9 atom stereocenters. The van der Waals surface area contributed by atoms with E-state index in [0.717, 1.165) is 30.4 Å². The number of epoxide rings is 1. The van der Waals surface area contributed by atoms with Gasteiger partial charge in [-0.15, -0.1) is 0 Å². The normalized spacial score (nSPS) is 40.4. The number of hydrogen-bond donors (Lipinski definition) is 4. The van der Waals surface area contributed by atoms with Crippen molar-refractivity contribution < 1.29 is 39.5 Å². The summed E-state index contributed by atoms with van der Waals surface area (Å²) in [6, 6.07) is 0. The molecule has 0 radical (unpaired) electrons. The highest BCUT2D eigenvalue weighted by Gasteiger charge is 2.37. The third-order valence-electron chi connectivity index (χ3n) is 7.86. The van der Waals surface area contributed by atoms with Gasteiger partial charge >= 0.3 is 5.97 Å². The third kappa shape index (κ3) is 11.8. The number of hydrogen-bond acceptors (Lipinski definition) is 8. The highest BCUT2D eigenvalue weighted by molar-refractivity contribution is 5.87. The average Bonchev–Trinajstić information content (AvgIpc) is 3.61. The fourth-order valence-electron chi connectivity index (χ4n) is 5.13. The number of cyclic esters (lactones) is 1. The molecule has 1 fully saturated rings. The number of aliphatic hydroxyl groups excluding tert-OH is 4. The van der Waals surface area contributed by atoms with Crippen molar-refractivity contribution in [1.29, 1.82) is 0 Å². The number of esters is 1. The number of rotatable bonds is 0. The molecule has 1 saturated heterocycles. The summed E-state index contributed by atoms with van der Waals surface area (Å²) in [6.45, 7) is 13.3. The molecule has 226 valence electrons. The molecule has 40 heavy (non-hydrogen) atoms. The van der Waals surface area contributed by atoms with Gasteiger partial charge in [-0.2, -0.15) is 0 Å². The van der Waals surface area contributed by atoms with Gasteiger partial charge in [-0.1, -0.05) is 62.8 Å². The van der Waals surface area contributed by atoms with Crippen LogP contribution in [0.4, 0.5) is 0 Å². The molecule has 2 aliphatic heterocycles. The second kappa shape index (κ2) is 16.4. The zero-order chi connectivity index (χ0) is 30.0. The number of allylic oxidation sites excluding steroid dienone is 5. The SMILES string of the molecule is C=C1/C=C(\C)[C@H](C)C[C@@H](O)CC(=O)[C@H](O)[C@@H](O)[C@H](C)C[C@@H](O)COC(=O)/C(C)=C/CC/C=C/[C@@H]2O[C@H]2C[C@H](C)C1. The predicted octanol–water partition coefficient (Wildman–Crippen LogP) is 3.97. The van der Waals surface area contributed by atoms with Gasteiger partial charge < -0.3 is 29.9 Å². The minimum absolute atomic E-state index is 0.00393. The molecule has 4 N–H and O–H groups in total. The summed E-state index contributed by atoms with van der Waals surface area (Å²) >= 11 is 0. The Morgan fingerprint density at radius 3 is 2.33 bits per heavy atom. The summed E-state index contributed by atoms with van der Waals surface area (Å²) in [5.74, 6) is -1.45. The molecule has 0 bridgehead atoms. The number of carbonyl (C=O) groups excluding carboxylic acids is 2. The molecule has 2 rings (SSSR count). The first-order valence-electron chi connectivity index (χ1n) is 14.5. The summed E-state index contributed by atoms with van der Waals surface area (Å²) in [7, 11) is 0. The van der Waals surface area contributed by atoms with E-state index < -0.39 is 42.1 Å². The van der Waals surface area contributed by atoms with Crippen LogP contribution < -0.4 is 0 Å². The van der Waals surface area contributed by atoms with E-state index in [1.165, 1.54) is 0 Å². The average molecular weight is 563 g/mol. The van der Waals surface area contributed by atoms with Gasteiger partial charge in [0.2, 0.25) is 0 Å². The van der Waals surface area contributed by atoms with E-state index in [4.69, 9.17) is 9.47 Å². The van der Waals surface area contributed by atoms with Crippen molar-refractivity contribution >= 4 is 11.8 Å². The van der Waals surface area contributed by atoms with Crippen LogP contribution in [0.2, 0.25) is 0 Å². The Balaban J connectivity index is 2.08. The Morgan fingerprint density at radius 1 is 0.925 bits per heavy atom. The van der Waals surface area contributed by atoms with E-state index in [0.29, 0.717) is 24.3 Å². The molecule has 0 spiro atoms. The molecule has 0 aliphatic carbocycles. The Hall–Kier alpha value is -2.10. The van der Waals surface area contributed by atoms with Crippen LogP contribution in [0, 0.1) is 17.8 Å². The van der Waals surface area contributed by atoms with Gasteiger partial charge in [0.05, 0.1) is 24.4 Å². The Morgan fingerprint density at radius 2 is 1.62 bits per heavy atom. The minimum Gasteiger partial charge on any atom is -0.460 e. The van der Waals surface area contributed by atoms with E-state index in [1.54, 1.807) is 19.9 Å². The molecule has 0 aromatic rings. The van der Waals surface area contributed by atoms with E-state index >= 15 is 0 Å². The molecule has 0 unspecified atom stereocenters. The second-order valence-electron chi connectivity index (χ2n) is 12.0. The number of ketones is 1. The van der Waals surface area contributed by atoms with E-state index in [-0.39, 0.29) is 37.6 Å². The number of aliphatic hydroxyl groups is 4. The fourth-order valence-corrected chi connectivity index (χ4v) is 5.13. The lowest BCUT2D eigenvalue weighted by atomic mass is 9.88. The van der Waals surface area contributed by atoms with Crippen LogP contribution in [-0.4, -0.2) is 75.4 Å². The molecule has 8 heteroatoms. The van der Waals surface area contributed by atoms with Crippen LogP contribution in [0.1, 0.15) is 79.6 Å². The topological polar surface area (TPSA) is 137 Å². The van der Waals surface area contributed by atoms with Crippen LogP contribution in [0.5, 0.6) is 0 Å². The maximum absolute atomic E-state index is 12.6. The molecule has 2 aliphatic rings. The maximum atomic E-state index is 12.6. The van der Waals surface area contributed by atoms with Crippen LogP contribution in [0.3, 0.4) is 0 Å². The summed E-state index contributed by atoms with van der Waals surface area (Å²) in [5, 5.41) is 41.7. The first kappa shape index (κ1) is 34.1. The van der Waals surface area contributed by atoms with Crippen LogP contribution in [0.15, 0.2) is 47.6 Å². The highest BCUT2D eigenvalue weighted by Crippen LogP contribution is 2.32. The summed E-state index contributed by atoms with van der Waals surface area (Å²) < 4.78 is 11.0. The first-order valence-corrected chi connectivity index (χ1v) is 14.5. The Kier molecular flexibility index (Phi) is 14.0. The standard InChI is InChI=1S/C32H50O8/c1-19-12-20(2)14-29-28(40-29)11-9-7-8-10-21(3)32(38)39-18-26(34)16-24(6)30(36)31(37)27(35)17-25(33)15-23(5)22(4)13-19/h9-11,13,20,23-26,28-31,33-34,36-37H,1,7-8,12,14-18H2,2-6H3/b11-9+,21-10+,22-13+/t20-,23-,24-,25-,26-,28+,29+,30+,31+/m1/s1. The van der Waals surface area contributed by atoms with Gasteiger partial charge in [-0.25, -0.2) is 4.79 Å². The molecule has 0 aromatic carbocycles. The van der Waals surface area contributed by atoms with Crippen molar-refractivity contribution in [2.45, 2.75) is 116 Å². The van der Waals surface area contributed by atoms with E-state index in [9.17, 15) is 30.0 Å². The van der Waals surface area contributed by atoms with Crippen molar-refractivity contribution in [3.05, 3.63) is 47.6 Å². The lowest BCUT2D eigenvalue weighted by Crippen LogP contribution is -2.41. The monoisotopic (exact) mass is 562 g/mol. The van der Waals surface area contributed by atoms with Gasteiger partial charge in [0, 0.05) is 12.0 Å². The Bertz CT molecular complexity index is 951. The van der Waals surface area contributed by atoms with E-state index in [1.807, 2.05) is 19.9 Å². The first-order chi connectivity index (χ1) is 18.8. The van der Waals surface area contributed by atoms with Crippen molar-refractivity contribution in [2.24, 2.45) is 17.8 Å². The molecule has 0 amide bonds. The second-order valence-corrected chi connectivity index (χ2v) is 12.0.